The van der Waals surface area contributed by atoms with Crippen LogP contribution in [0.5, 0.6) is 5.75 Å². The van der Waals surface area contributed by atoms with Crippen molar-refractivity contribution in [2.24, 2.45) is 0 Å². The summed E-state index contributed by atoms with van der Waals surface area (Å²) >= 11 is 15.4. The van der Waals surface area contributed by atoms with Gasteiger partial charge in [0.05, 0.1) is 29.1 Å². The van der Waals surface area contributed by atoms with Crippen LogP contribution in [0.4, 0.5) is 5.13 Å². The Hall–Kier alpha value is -2.32. The van der Waals surface area contributed by atoms with Gasteiger partial charge in [0.15, 0.2) is 5.13 Å². The van der Waals surface area contributed by atoms with E-state index < -0.39 is 0 Å². The molecule has 0 atom stereocenters. The van der Waals surface area contributed by atoms with Gasteiger partial charge in [-0.15, -0.1) is 11.8 Å². The average Bonchev–Trinajstić information content (AvgIpc) is 3.28. The number of rotatable bonds is 9. The molecule has 2 aromatic carbocycles. The number of pyridine rings is 1. The Kier molecular flexibility index (Phi) is 8.09. The highest BCUT2D eigenvalue weighted by atomic mass is 35.5. The highest BCUT2D eigenvalue weighted by molar-refractivity contribution is 7.99. The van der Waals surface area contributed by atoms with Gasteiger partial charge in [-0.3, -0.25) is 14.7 Å². The second kappa shape index (κ2) is 11.2. The summed E-state index contributed by atoms with van der Waals surface area (Å²) in [4.78, 5) is 25.2. The van der Waals surface area contributed by atoms with Gasteiger partial charge in [-0.25, -0.2) is 4.98 Å². The Labute approximate surface area is 210 Å². The van der Waals surface area contributed by atoms with Crippen molar-refractivity contribution < 1.29 is 9.53 Å². The minimum absolute atomic E-state index is 0.00787. The number of fused-ring (bicyclic) bond motifs is 1. The molecule has 0 aliphatic rings. The minimum atomic E-state index is -0.00787. The lowest BCUT2D eigenvalue weighted by atomic mass is 10.2. The number of hydrogen-bond donors (Lipinski definition) is 0. The fraction of sp³-hybridized carbons (Fsp3) is 0.208. The van der Waals surface area contributed by atoms with Crippen LogP contribution in [0.3, 0.4) is 0 Å². The maximum absolute atomic E-state index is 13.3. The molecular formula is C24H21Cl2N3O2S2. The fourth-order valence-corrected chi connectivity index (χ4v) is 5.47. The average molecular weight is 518 g/mol. The molecule has 9 heteroatoms. The maximum Gasteiger partial charge on any atom is 0.229 e. The summed E-state index contributed by atoms with van der Waals surface area (Å²) in [5, 5.41) is 1.88. The Morgan fingerprint density at radius 2 is 1.94 bits per heavy atom. The molecule has 4 rings (SSSR count). The van der Waals surface area contributed by atoms with E-state index in [0.29, 0.717) is 39.4 Å². The molecule has 0 unspecified atom stereocenters. The summed E-state index contributed by atoms with van der Waals surface area (Å²) < 4.78 is 6.24. The quantitative estimate of drug-likeness (QED) is 0.175. The molecule has 0 bridgehead atoms. The zero-order valence-electron chi connectivity index (χ0n) is 17.8. The van der Waals surface area contributed by atoms with Gasteiger partial charge in [0.1, 0.15) is 11.3 Å². The van der Waals surface area contributed by atoms with E-state index in [1.165, 1.54) is 11.3 Å². The molecule has 0 saturated heterocycles. The molecule has 0 radical (unpaired) electrons. The Morgan fingerprint density at radius 1 is 1.12 bits per heavy atom. The van der Waals surface area contributed by atoms with Crippen LogP contribution in [0.2, 0.25) is 10.0 Å². The van der Waals surface area contributed by atoms with Gasteiger partial charge in [-0.2, -0.15) is 0 Å². The topological polar surface area (TPSA) is 55.3 Å². The van der Waals surface area contributed by atoms with E-state index in [0.717, 1.165) is 27.5 Å². The Morgan fingerprint density at radius 3 is 2.67 bits per heavy atom. The lowest BCUT2D eigenvalue weighted by Crippen LogP contribution is -2.30. The number of anilines is 1. The van der Waals surface area contributed by atoms with E-state index in [2.05, 4.69) is 4.98 Å². The van der Waals surface area contributed by atoms with Gasteiger partial charge in [-0.1, -0.05) is 40.6 Å². The first-order valence-corrected chi connectivity index (χ1v) is 12.8. The molecule has 2 aromatic heterocycles. The summed E-state index contributed by atoms with van der Waals surface area (Å²) in [5.74, 6) is 1.44. The van der Waals surface area contributed by atoms with Crippen molar-refractivity contribution >= 4 is 67.6 Å². The number of benzene rings is 2. The standard InChI is InChI=1S/C24H21Cl2N3O2S2/c1-31-20-12-11-19(26)23-22(20)28-24(33-23)29(15-17-5-2-3-13-27-17)21(30)6-4-14-32-18-9-7-16(25)8-10-18/h2-3,5,7-13H,4,6,14-15H2,1H3. The monoisotopic (exact) mass is 517 g/mol. The predicted molar refractivity (Wildman–Crippen MR) is 138 cm³/mol. The SMILES string of the molecule is COc1ccc(Cl)c2sc(N(Cc3ccccn3)C(=O)CCCSc3ccc(Cl)cc3)nc12. The molecule has 0 spiro atoms. The van der Waals surface area contributed by atoms with Gasteiger partial charge in [0, 0.05) is 22.5 Å². The van der Waals surface area contributed by atoms with Gasteiger partial charge in [0.25, 0.3) is 0 Å². The number of hydrogen-bond acceptors (Lipinski definition) is 6. The van der Waals surface area contributed by atoms with Gasteiger partial charge < -0.3 is 4.74 Å². The summed E-state index contributed by atoms with van der Waals surface area (Å²) in [5.41, 5.74) is 1.45. The first kappa shape index (κ1) is 23.8. The number of amides is 1. The molecule has 2 heterocycles. The first-order valence-electron chi connectivity index (χ1n) is 10.3. The third-order valence-corrected chi connectivity index (χ3v) is 7.75. The molecule has 4 aromatic rings. The fourth-order valence-electron chi connectivity index (χ4n) is 3.22. The van der Waals surface area contributed by atoms with Crippen LogP contribution >= 0.6 is 46.3 Å². The normalized spacial score (nSPS) is 11.0. The number of methoxy groups -OCH3 is 1. The van der Waals surface area contributed by atoms with Gasteiger partial charge in [0.2, 0.25) is 5.91 Å². The second-order valence-electron chi connectivity index (χ2n) is 7.13. The smallest absolute Gasteiger partial charge is 0.229 e. The van der Waals surface area contributed by atoms with Crippen molar-refractivity contribution in [1.82, 2.24) is 9.97 Å². The Bertz CT molecular complexity index is 1230. The summed E-state index contributed by atoms with van der Waals surface area (Å²) in [6.45, 7) is 0.337. The van der Waals surface area contributed by atoms with Crippen LogP contribution in [0, 0.1) is 0 Å². The van der Waals surface area contributed by atoms with E-state index >= 15 is 0 Å². The van der Waals surface area contributed by atoms with E-state index in [1.54, 1.807) is 42.1 Å². The molecule has 0 fully saturated rings. The number of thioether (sulfide) groups is 1. The van der Waals surface area contributed by atoms with Crippen LogP contribution in [0.1, 0.15) is 18.5 Å². The van der Waals surface area contributed by atoms with Crippen molar-refractivity contribution in [3.05, 3.63) is 76.5 Å². The van der Waals surface area contributed by atoms with Gasteiger partial charge in [-0.05, 0) is 60.7 Å². The number of carbonyl (C=O) groups is 1. The number of ether oxygens (including phenoxy) is 1. The third-order valence-electron chi connectivity index (χ3n) is 4.86. The molecule has 1 amide bonds. The molecule has 170 valence electrons. The lowest BCUT2D eigenvalue weighted by molar-refractivity contribution is -0.118. The van der Waals surface area contributed by atoms with Crippen molar-refractivity contribution in [1.29, 1.82) is 0 Å². The zero-order valence-corrected chi connectivity index (χ0v) is 21.0. The zero-order chi connectivity index (χ0) is 23.2. The number of nitrogens with zero attached hydrogens (tertiary/aromatic N) is 3. The van der Waals surface area contributed by atoms with Crippen LogP contribution < -0.4 is 9.64 Å². The van der Waals surface area contributed by atoms with Crippen molar-refractivity contribution in [2.45, 2.75) is 24.3 Å². The Balaban J connectivity index is 1.52. The van der Waals surface area contributed by atoms with E-state index in [1.807, 2.05) is 42.5 Å². The molecule has 0 aliphatic heterocycles. The minimum Gasteiger partial charge on any atom is -0.494 e. The van der Waals surface area contributed by atoms with Crippen LogP contribution in [0.15, 0.2) is 65.7 Å². The van der Waals surface area contributed by atoms with Crippen molar-refractivity contribution in [2.75, 3.05) is 17.8 Å². The molecule has 0 N–H and O–H groups in total. The summed E-state index contributed by atoms with van der Waals surface area (Å²) in [6.07, 6.45) is 2.85. The third kappa shape index (κ3) is 5.98. The number of thiazole rings is 1. The molecular weight excluding hydrogens is 497 g/mol. The predicted octanol–water partition coefficient (Wildman–Crippen LogP) is 7.11. The number of aromatic nitrogens is 2. The first-order chi connectivity index (χ1) is 16.0. The molecule has 33 heavy (non-hydrogen) atoms. The van der Waals surface area contributed by atoms with E-state index in [-0.39, 0.29) is 5.91 Å². The van der Waals surface area contributed by atoms with Gasteiger partial charge >= 0.3 is 0 Å². The molecule has 5 nitrogen and oxygen atoms in total. The van der Waals surface area contributed by atoms with Crippen molar-refractivity contribution in [3.8, 4) is 5.75 Å². The summed E-state index contributed by atoms with van der Waals surface area (Å²) in [7, 11) is 1.59. The molecule has 0 aliphatic carbocycles. The molecule has 0 saturated carbocycles. The number of carbonyl (C=O) groups excluding carboxylic acids is 1. The van der Waals surface area contributed by atoms with E-state index in [4.69, 9.17) is 32.9 Å². The van der Waals surface area contributed by atoms with E-state index in [9.17, 15) is 4.79 Å². The summed E-state index contributed by atoms with van der Waals surface area (Å²) in [6, 6.07) is 16.9. The van der Waals surface area contributed by atoms with Crippen LogP contribution in [-0.2, 0) is 11.3 Å². The highest BCUT2D eigenvalue weighted by Crippen LogP contribution is 2.39. The highest BCUT2D eigenvalue weighted by Gasteiger charge is 2.22. The second-order valence-corrected chi connectivity index (χ2v) is 10.1. The van der Waals surface area contributed by atoms with Crippen LogP contribution in [-0.4, -0.2) is 28.7 Å². The van der Waals surface area contributed by atoms with Crippen molar-refractivity contribution in [3.63, 3.8) is 0 Å². The largest absolute Gasteiger partial charge is 0.494 e. The lowest BCUT2D eigenvalue weighted by Gasteiger charge is -2.19. The maximum atomic E-state index is 13.3. The number of halogens is 2. The van der Waals surface area contributed by atoms with Crippen LogP contribution in [0.25, 0.3) is 10.2 Å².